The molecule has 0 unspecified atom stereocenters. The summed E-state index contributed by atoms with van der Waals surface area (Å²) in [5, 5.41) is 2.61. The molecular formula is C12H16N2O2S. The third kappa shape index (κ3) is 3.78. The molecule has 0 aliphatic carbocycles. The molecule has 0 heterocycles. The summed E-state index contributed by atoms with van der Waals surface area (Å²) in [6, 6.07) is 7.32. The topological polar surface area (TPSA) is 49.4 Å². The van der Waals surface area contributed by atoms with Gasteiger partial charge in [0.25, 0.3) is 5.91 Å². The van der Waals surface area contributed by atoms with Gasteiger partial charge in [-0.3, -0.25) is 9.59 Å². The van der Waals surface area contributed by atoms with E-state index in [0.29, 0.717) is 5.56 Å². The highest BCUT2D eigenvalue weighted by Gasteiger charge is 2.11. The van der Waals surface area contributed by atoms with E-state index in [4.69, 9.17) is 0 Å². The Morgan fingerprint density at radius 2 is 1.94 bits per heavy atom. The van der Waals surface area contributed by atoms with Crippen LogP contribution in [-0.2, 0) is 4.79 Å². The fourth-order valence-corrected chi connectivity index (χ4v) is 1.84. The highest BCUT2D eigenvalue weighted by molar-refractivity contribution is 7.98. The smallest absolute Gasteiger partial charge is 0.252 e. The second-order valence-electron chi connectivity index (χ2n) is 3.67. The lowest BCUT2D eigenvalue weighted by Gasteiger charge is -2.12. The normalized spacial score (nSPS) is 9.82. The summed E-state index contributed by atoms with van der Waals surface area (Å²) >= 11 is 1.51. The van der Waals surface area contributed by atoms with E-state index < -0.39 is 0 Å². The van der Waals surface area contributed by atoms with Gasteiger partial charge in [-0.1, -0.05) is 12.1 Å². The maximum absolute atomic E-state index is 11.9. The van der Waals surface area contributed by atoms with Gasteiger partial charge in [0.2, 0.25) is 5.91 Å². The van der Waals surface area contributed by atoms with Crippen LogP contribution in [0, 0.1) is 0 Å². The van der Waals surface area contributed by atoms with Crippen LogP contribution in [0.1, 0.15) is 10.4 Å². The van der Waals surface area contributed by atoms with Crippen molar-refractivity contribution < 1.29 is 9.59 Å². The molecule has 1 aromatic rings. The third-order valence-corrected chi connectivity index (χ3v) is 3.05. The van der Waals surface area contributed by atoms with Crippen LogP contribution in [0.3, 0.4) is 0 Å². The first kappa shape index (κ1) is 13.6. The fraction of sp³-hybridized carbons (Fsp3) is 0.333. The molecule has 2 amide bonds. The lowest BCUT2D eigenvalue weighted by molar-refractivity contribution is -0.127. The third-order valence-electron chi connectivity index (χ3n) is 2.25. The van der Waals surface area contributed by atoms with Crippen molar-refractivity contribution in [2.45, 2.75) is 4.90 Å². The van der Waals surface area contributed by atoms with Crippen LogP contribution in [0.25, 0.3) is 0 Å². The Morgan fingerprint density at radius 1 is 1.29 bits per heavy atom. The molecule has 92 valence electrons. The zero-order chi connectivity index (χ0) is 12.8. The predicted molar refractivity (Wildman–Crippen MR) is 69.3 cm³/mol. The predicted octanol–water partition coefficient (Wildman–Crippen LogP) is 1.23. The largest absolute Gasteiger partial charge is 0.347 e. The summed E-state index contributed by atoms with van der Waals surface area (Å²) < 4.78 is 0. The number of hydrogen-bond acceptors (Lipinski definition) is 3. The highest BCUT2D eigenvalue weighted by Crippen LogP contribution is 2.19. The molecule has 0 saturated carbocycles. The lowest BCUT2D eigenvalue weighted by Crippen LogP contribution is -2.36. The Balaban J connectivity index is 2.67. The van der Waals surface area contributed by atoms with Crippen LogP contribution < -0.4 is 5.32 Å². The fourth-order valence-electron chi connectivity index (χ4n) is 1.24. The van der Waals surface area contributed by atoms with E-state index in [0.717, 1.165) is 4.90 Å². The first-order valence-corrected chi connectivity index (χ1v) is 6.40. The number of amides is 2. The molecule has 0 atom stereocenters. The van der Waals surface area contributed by atoms with E-state index in [1.54, 1.807) is 20.2 Å². The standard InChI is InChI=1S/C12H16N2O2S/c1-14(2)11(15)8-13-12(16)9-6-4-5-7-10(9)17-3/h4-7H,8H2,1-3H3,(H,13,16). The van der Waals surface area contributed by atoms with Crippen LogP contribution in [0.4, 0.5) is 0 Å². The quantitative estimate of drug-likeness (QED) is 0.820. The summed E-state index contributed by atoms with van der Waals surface area (Å²) in [5.74, 6) is -0.342. The number of benzene rings is 1. The molecule has 0 aliphatic heterocycles. The Labute approximate surface area is 105 Å². The first-order chi connectivity index (χ1) is 8.06. The van der Waals surface area contributed by atoms with Crippen molar-refractivity contribution in [3.8, 4) is 0 Å². The van der Waals surface area contributed by atoms with Crippen molar-refractivity contribution in [3.05, 3.63) is 29.8 Å². The van der Waals surface area contributed by atoms with E-state index in [-0.39, 0.29) is 18.4 Å². The maximum atomic E-state index is 11.9. The highest BCUT2D eigenvalue weighted by atomic mass is 32.2. The van der Waals surface area contributed by atoms with Gasteiger partial charge in [0.1, 0.15) is 0 Å². The van der Waals surface area contributed by atoms with Gasteiger partial charge in [0.05, 0.1) is 12.1 Å². The molecule has 1 rings (SSSR count). The van der Waals surface area contributed by atoms with Crippen molar-refractivity contribution in [1.82, 2.24) is 10.2 Å². The molecule has 0 spiro atoms. The van der Waals surface area contributed by atoms with Crippen LogP contribution in [-0.4, -0.2) is 43.6 Å². The van der Waals surface area contributed by atoms with Crippen molar-refractivity contribution >= 4 is 23.6 Å². The summed E-state index contributed by atoms with van der Waals surface area (Å²) in [4.78, 5) is 25.5. The minimum atomic E-state index is -0.217. The monoisotopic (exact) mass is 252 g/mol. The molecular weight excluding hydrogens is 236 g/mol. The van der Waals surface area contributed by atoms with Gasteiger partial charge in [-0.25, -0.2) is 0 Å². The van der Waals surface area contributed by atoms with Crippen LogP contribution >= 0.6 is 11.8 Å². The van der Waals surface area contributed by atoms with Gasteiger partial charge in [0, 0.05) is 19.0 Å². The Bertz CT molecular complexity index is 419. The molecule has 1 aromatic carbocycles. The van der Waals surface area contributed by atoms with E-state index in [1.165, 1.54) is 16.7 Å². The van der Waals surface area contributed by atoms with Crippen molar-refractivity contribution in [1.29, 1.82) is 0 Å². The number of thioether (sulfide) groups is 1. The molecule has 0 aromatic heterocycles. The molecule has 5 heteroatoms. The zero-order valence-electron chi connectivity index (χ0n) is 10.2. The number of carbonyl (C=O) groups is 2. The van der Waals surface area contributed by atoms with Gasteiger partial charge in [-0.2, -0.15) is 0 Å². The summed E-state index contributed by atoms with van der Waals surface area (Å²) in [5.41, 5.74) is 0.603. The summed E-state index contributed by atoms with van der Waals surface area (Å²) in [6.07, 6.45) is 1.91. The van der Waals surface area contributed by atoms with Crippen molar-refractivity contribution in [2.75, 3.05) is 26.9 Å². The first-order valence-electron chi connectivity index (χ1n) is 5.17. The lowest BCUT2D eigenvalue weighted by atomic mass is 10.2. The number of carbonyl (C=O) groups excluding carboxylic acids is 2. The molecule has 0 fully saturated rings. The Kier molecular flexibility index (Phi) is 5.03. The van der Waals surface area contributed by atoms with E-state index in [2.05, 4.69) is 5.32 Å². The molecule has 1 N–H and O–H groups in total. The van der Waals surface area contributed by atoms with Gasteiger partial charge < -0.3 is 10.2 Å². The van der Waals surface area contributed by atoms with Crippen molar-refractivity contribution in [2.24, 2.45) is 0 Å². The second-order valence-corrected chi connectivity index (χ2v) is 4.52. The minimum Gasteiger partial charge on any atom is -0.347 e. The summed E-state index contributed by atoms with van der Waals surface area (Å²) in [7, 11) is 3.31. The van der Waals surface area contributed by atoms with Gasteiger partial charge >= 0.3 is 0 Å². The average Bonchev–Trinajstić information content (AvgIpc) is 2.35. The zero-order valence-corrected chi connectivity index (χ0v) is 11.0. The Hall–Kier alpha value is -1.49. The SMILES string of the molecule is CSc1ccccc1C(=O)NCC(=O)N(C)C. The van der Waals surface area contributed by atoms with Crippen LogP contribution in [0.5, 0.6) is 0 Å². The van der Waals surface area contributed by atoms with Crippen molar-refractivity contribution in [3.63, 3.8) is 0 Å². The maximum Gasteiger partial charge on any atom is 0.252 e. The molecule has 0 saturated heterocycles. The number of likely N-dealkylation sites (N-methyl/N-ethyl adjacent to an activating group) is 1. The molecule has 0 aliphatic rings. The van der Waals surface area contributed by atoms with Crippen LogP contribution in [0.2, 0.25) is 0 Å². The number of hydrogen-bond donors (Lipinski definition) is 1. The average molecular weight is 252 g/mol. The van der Waals surface area contributed by atoms with Crippen LogP contribution in [0.15, 0.2) is 29.2 Å². The summed E-state index contributed by atoms with van der Waals surface area (Å²) in [6.45, 7) is 0.0224. The second kappa shape index (κ2) is 6.30. The molecule has 17 heavy (non-hydrogen) atoms. The van der Waals surface area contributed by atoms with Gasteiger partial charge in [-0.15, -0.1) is 11.8 Å². The minimum absolute atomic E-state index is 0.0224. The van der Waals surface area contributed by atoms with Gasteiger partial charge in [-0.05, 0) is 18.4 Å². The van der Waals surface area contributed by atoms with E-state index in [1.807, 2.05) is 24.5 Å². The number of rotatable bonds is 4. The Morgan fingerprint density at radius 3 is 2.53 bits per heavy atom. The molecule has 0 bridgehead atoms. The van der Waals surface area contributed by atoms with Gasteiger partial charge in [0.15, 0.2) is 0 Å². The number of nitrogens with zero attached hydrogens (tertiary/aromatic N) is 1. The molecule has 0 radical (unpaired) electrons. The van der Waals surface area contributed by atoms with E-state index >= 15 is 0 Å². The number of nitrogens with one attached hydrogen (secondary N) is 1. The molecule has 4 nitrogen and oxygen atoms in total. The van der Waals surface area contributed by atoms with E-state index in [9.17, 15) is 9.59 Å².